The zero-order chi connectivity index (χ0) is 45.6. The van der Waals surface area contributed by atoms with Crippen LogP contribution in [-0.2, 0) is 14.4 Å². The fourth-order valence-corrected chi connectivity index (χ4v) is 12.3. The lowest BCUT2D eigenvalue weighted by atomic mass is 9.66. The van der Waals surface area contributed by atoms with Gasteiger partial charge in [-0.15, -0.1) is 0 Å². The summed E-state index contributed by atoms with van der Waals surface area (Å²) in [7, 11) is 0. The molecule has 1 saturated carbocycles. The maximum Gasteiger partial charge on any atom is 0.254 e. The highest BCUT2D eigenvalue weighted by Crippen LogP contribution is 2.46. The van der Waals surface area contributed by atoms with Gasteiger partial charge in [-0.1, -0.05) is 12.2 Å². The van der Waals surface area contributed by atoms with Gasteiger partial charge in [0.25, 0.3) is 5.91 Å². The van der Waals surface area contributed by atoms with Crippen molar-refractivity contribution in [3.8, 4) is 0 Å². The number of amides is 4. The third-order valence-corrected chi connectivity index (χ3v) is 16.4. The number of carbonyl (C=O) groups is 4. The molecule has 356 valence electrons. The van der Waals surface area contributed by atoms with Gasteiger partial charge in [-0.25, -0.2) is 4.39 Å². The van der Waals surface area contributed by atoms with Gasteiger partial charge in [-0.2, -0.15) is 5.01 Å². The molecule has 6 saturated heterocycles. The molecule has 10 rings (SSSR count). The smallest absolute Gasteiger partial charge is 0.254 e. The van der Waals surface area contributed by atoms with E-state index < -0.39 is 29.3 Å². The first kappa shape index (κ1) is 45.1. The highest BCUT2D eigenvalue weighted by atomic mass is 19.1. The molecule has 2 aromatic rings. The molecule has 7 atom stereocenters. The van der Waals surface area contributed by atoms with Crippen molar-refractivity contribution in [1.29, 1.82) is 0 Å². The summed E-state index contributed by atoms with van der Waals surface area (Å²) in [5.41, 5.74) is 2.46. The topological polar surface area (TPSA) is 177 Å². The second-order valence-electron chi connectivity index (χ2n) is 20.5. The maximum absolute atomic E-state index is 14.9. The van der Waals surface area contributed by atoms with Crippen LogP contribution in [0.3, 0.4) is 0 Å². The van der Waals surface area contributed by atoms with Crippen LogP contribution >= 0.6 is 0 Å². The lowest BCUT2D eigenvalue weighted by molar-refractivity contribution is -0.146. The molecule has 66 heavy (non-hydrogen) atoms. The molecule has 6 unspecified atom stereocenters. The number of hydrogen-bond acceptors (Lipinski definition) is 13. The first-order valence-corrected chi connectivity index (χ1v) is 24.7. The predicted molar refractivity (Wildman–Crippen MR) is 249 cm³/mol. The van der Waals surface area contributed by atoms with E-state index in [4.69, 9.17) is 0 Å². The third kappa shape index (κ3) is 9.31. The van der Waals surface area contributed by atoms with E-state index in [0.29, 0.717) is 31.0 Å². The van der Waals surface area contributed by atoms with E-state index in [1.54, 1.807) is 12.1 Å². The Bertz CT molecular complexity index is 2150. The molecule has 16 nitrogen and oxygen atoms in total. The van der Waals surface area contributed by atoms with E-state index in [1.807, 2.05) is 11.9 Å². The Hall–Kier alpha value is -4.65. The number of piperidine rings is 3. The Kier molecular flexibility index (Phi) is 12.9. The third-order valence-electron chi connectivity index (χ3n) is 16.4. The number of piperazine rings is 1. The van der Waals surface area contributed by atoms with Gasteiger partial charge in [0.15, 0.2) is 0 Å². The molecule has 7 fully saturated rings. The fourth-order valence-electron chi connectivity index (χ4n) is 12.3. The number of allylic oxidation sites excluding steroid dienone is 1. The molecule has 1 spiro atoms. The van der Waals surface area contributed by atoms with E-state index in [9.17, 15) is 28.7 Å². The zero-order valence-corrected chi connectivity index (χ0v) is 38.3. The monoisotopic (exact) mass is 910 g/mol. The molecule has 7 aliphatic heterocycles. The van der Waals surface area contributed by atoms with Crippen LogP contribution < -0.4 is 41.7 Å². The lowest BCUT2D eigenvalue weighted by Crippen LogP contribution is -2.69. The van der Waals surface area contributed by atoms with Crippen molar-refractivity contribution >= 4 is 40.7 Å². The molecular weight excluding hydrogens is 842 g/mol. The molecule has 1 aliphatic carbocycles. The molecule has 0 radical (unpaired) electrons. The normalized spacial score (nSPS) is 32.8. The van der Waals surface area contributed by atoms with Crippen molar-refractivity contribution in [1.82, 2.24) is 41.5 Å². The summed E-state index contributed by atoms with van der Waals surface area (Å²) in [6, 6.07) is 13.1. The van der Waals surface area contributed by atoms with Gasteiger partial charge in [-0.3, -0.25) is 50.4 Å². The van der Waals surface area contributed by atoms with E-state index in [-0.39, 0.29) is 60.8 Å². The lowest BCUT2D eigenvalue weighted by Gasteiger charge is -2.49. The molecule has 2 aromatic carbocycles. The minimum atomic E-state index is -0.858. The summed E-state index contributed by atoms with van der Waals surface area (Å²) in [6.45, 7) is 8.82. The van der Waals surface area contributed by atoms with Gasteiger partial charge in [0.1, 0.15) is 18.1 Å². The fraction of sp³-hybridized carbons (Fsp3) is 0.633. The van der Waals surface area contributed by atoms with E-state index in [1.165, 1.54) is 37.4 Å². The van der Waals surface area contributed by atoms with Gasteiger partial charge in [-0.05, 0) is 132 Å². The zero-order valence-electron chi connectivity index (χ0n) is 38.3. The summed E-state index contributed by atoms with van der Waals surface area (Å²) >= 11 is 0. The number of rotatable bonds is 7. The number of aliphatic hydroxyl groups is 1. The number of nitrogens with zero attached hydrogens (tertiary/aromatic N) is 5. The highest BCUT2D eigenvalue weighted by Gasteiger charge is 2.53. The standard InChI is InChI=1S/C49H68FN11O5/c1-48(66)18-3-2-4-23-60-46(65)37-31-51-47(56-43(37)61(60)41-7-5-6-40(48)54-41)52-32-8-10-33(11-9-32)58-26-28-59(29-27-58)34-16-19-49(20-17-34)21-24-57(25-22-49)35-12-13-38(50)36(30-35)44(63)53-39-14-15-42(62)55-45(39)64/h2,4,8-13,30,34,37,39-41,43,47,51-52,54,56,66H,3,5-7,14-29,31H2,1H3,(H,53,63)(H,55,62,64)/b4-2-/t37?,39?,40?,41?,43?,47?,48-/m1/s1. The van der Waals surface area contributed by atoms with Gasteiger partial charge in [0.2, 0.25) is 17.7 Å². The molecule has 0 aromatic heterocycles. The number of hydrazine groups is 1. The van der Waals surface area contributed by atoms with Crippen molar-refractivity contribution < 1.29 is 28.7 Å². The minimum Gasteiger partial charge on any atom is -0.389 e. The Morgan fingerprint density at radius 3 is 2.33 bits per heavy atom. The Morgan fingerprint density at radius 1 is 0.833 bits per heavy atom. The van der Waals surface area contributed by atoms with Gasteiger partial charge in [0.05, 0.1) is 36.0 Å². The first-order valence-electron chi connectivity index (χ1n) is 24.7. The van der Waals surface area contributed by atoms with Crippen molar-refractivity contribution in [3.05, 3.63) is 66.0 Å². The molecule has 8 aliphatic rings. The van der Waals surface area contributed by atoms with Crippen molar-refractivity contribution in [2.24, 2.45) is 11.3 Å². The van der Waals surface area contributed by atoms with E-state index >= 15 is 0 Å². The first-order chi connectivity index (χ1) is 31.9. The molecule has 7 N–H and O–H groups in total. The Morgan fingerprint density at radius 2 is 1.58 bits per heavy atom. The number of halogens is 1. The van der Waals surface area contributed by atoms with Crippen molar-refractivity contribution in [2.45, 2.75) is 133 Å². The summed E-state index contributed by atoms with van der Waals surface area (Å²) in [5, 5.41) is 35.0. The molecule has 17 heteroatoms. The number of hydrogen-bond donors (Lipinski definition) is 7. The van der Waals surface area contributed by atoms with Gasteiger partial charge >= 0.3 is 0 Å². The quantitative estimate of drug-likeness (QED) is 0.160. The second-order valence-corrected chi connectivity index (χ2v) is 20.5. The van der Waals surface area contributed by atoms with Crippen LogP contribution in [0.4, 0.5) is 21.5 Å². The van der Waals surface area contributed by atoms with Crippen LogP contribution in [-0.4, -0.2) is 138 Å². The number of anilines is 3. The summed E-state index contributed by atoms with van der Waals surface area (Å²) in [4.78, 5) is 58.0. The summed E-state index contributed by atoms with van der Waals surface area (Å²) in [6.07, 6.45) is 15.4. The molecule has 4 amide bonds. The Balaban J connectivity index is 0.680. The maximum atomic E-state index is 14.9. The molecule has 7 heterocycles. The number of benzene rings is 2. The molecule has 2 bridgehead atoms. The van der Waals surface area contributed by atoms with Crippen LogP contribution in [0.1, 0.15) is 101 Å². The van der Waals surface area contributed by atoms with Crippen molar-refractivity contribution in [2.75, 3.05) is 67.5 Å². The van der Waals surface area contributed by atoms with Crippen LogP contribution in [0, 0.1) is 17.2 Å². The Labute approximate surface area is 387 Å². The second kappa shape index (κ2) is 18.8. The predicted octanol–water partition coefficient (Wildman–Crippen LogP) is 3.17. The minimum absolute atomic E-state index is 0.0256. The van der Waals surface area contributed by atoms with Crippen molar-refractivity contribution in [3.63, 3.8) is 0 Å². The number of nitrogens with one attached hydrogen (secondary N) is 6. The van der Waals surface area contributed by atoms with Crippen LogP contribution in [0.5, 0.6) is 0 Å². The number of carbonyl (C=O) groups excluding carboxylic acids is 4. The summed E-state index contributed by atoms with van der Waals surface area (Å²) in [5.74, 6) is -2.28. The van der Waals surface area contributed by atoms with Crippen LogP contribution in [0.15, 0.2) is 54.6 Å². The largest absolute Gasteiger partial charge is 0.389 e. The van der Waals surface area contributed by atoms with E-state index in [2.05, 4.69) is 88.0 Å². The van der Waals surface area contributed by atoms with Crippen LogP contribution in [0.2, 0.25) is 0 Å². The van der Waals surface area contributed by atoms with Gasteiger partial charge < -0.3 is 25.5 Å². The average molecular weight is 910 g/mol. The molecular formula is C49H68FN11O5. The number of fused-ring (bicyclic) bond motifs is 6. The van der Waals surface area contributed by atoms with Crippen LogP contribution in [0.25, 0.3) is 0 Å². The van der Waals surface area contributed by atoms with E-state index in [0.717, 1.165) is 89.2 Å². The average Bonchev–Trinajstić information content (AvgIpc) is 3.59. The van der Waals surface area contributed by atoms with Gasteiger partial charge in [0, 0.05) is 81.4 Å². The summed E-state index contributed by atoms with van der Waals surface area (Å²) < 4.78 is 14.9. The highest BCUT2D eigenvalue weighted by molar-refractivity contribution is 6.04. The SMILES string of the molecule is C[C@@]1(O)CC/C=C\CN2C(=O)C3CNC(Nc4ccc(N5CCN(C6CCC7(CC6)CCN(c6ccc(F)c(C(=O)NC8CCC(=O)NC8=O)c6)CC7)CC5)cc4)NC3N2C2CCCC1N2. The number of imide groups is 1.